The van der Waals surface area contributed by atoms with Crippen LogP contribution in [-0.4, -0.2) is 69.2 Å². The highest BCUT2D eigenvalue weighted by Gasteiger charge is 2.39. The molecule has 1 rings (SSSR count). The summed E-state index contributed by atoms with van der Waals surface area (Å²) in [5.41, 5.74) is -1.61. The second kappa shape index (κ2) is 16.3. The molecule has 0 saturated heterocycles. The zero-order valence-corrected chi connectivity index (χ0v) is 20.5. The molecule has 0 saturated carbocycles. The minimum absolute atomic E-state index is 0.0549. The van der Waals surface area contributed by atoms with E-state index in [1.807, 2.05) is 0 Å². The first kappa shape index (κ1) is 29.7. The maximum atomic E-state index is 12.6. The van der Waals surface area contributed by atoms with E-state index in [2.05, 4.69) is 17.6 Å². The zero-order chi connectivity index (χ0) is 24.7. The van der Waals surface area contributed by atoms with Crippen LogP contribution in [0.5, 0.6) is 0 Å². The van der Waals surface area contributed by atoms with Crippen molar-refractivity contribution in [2.24, 2.45) is 0 Å². The van der Waals surface area contributed by atoms with E-state index in [9.17, 15) is 30.0 Å². The van der Waals surface area contributed by atoms with Crippen LogP contribution in [0.4, 0.5) is 0 Å². The molecule has 1 amide bonds. The van der Waals surface area contributed by atoms with Gasteiger partial charge in [0.25, 0.3) is 0 Å². The van der Waals surface area contributed by atoms with Gasteiger partial charge >= 0.3 is 0 Å². The molecule has 33 heavy (non-hydrogen) atoms. The molecule has 1 aliphatic carbocycles. The number of hydrogen-bond acceptors (Lipinski definition) is 7. The lowest BCUT2D eigenvalue weighted by atomic mass is 9.91. The lowest BCUT2D eigenvalue weighted by molar-refractivity contribution is -0.130. The van der Waals surface area contributed by atoms with Crippen LogP contribution in [0.3, 0.4) is 0 Å². The fourth-order valence-electron chi connectivity index (χ4n) is 4.11. The molecule has 0 aromatic heterocycles. The minimum atomic E-state index is -1.67. The Morgan fingerprint density at radius 3 is 2.00 bits per heavy atom. The maximum absolute atomic E-state index is 12.6. The summed E-state index contributed by atoms with van der Waals surface area (Å²) in [5, 5.41) is 44.8. The Morgan fingerprint density at radius 2 is 1.55 bits per heavy atom. The van der Waals surface area contributed by atoms with Gasteiger partial charge < -0.3 is 25.7 Å². The number of hydrogen-bond donors (Lipinski definition) is 6. The molecule has 5 atom stereocenters. The van der Waals surface area contributed by atoms with Crippen molar-refractivity contribution in [1.82, 2.24) is 10.6 Å². The Balaban J connectivity index is 2.34. The second-order valence-corrected chi connectivity index (χ2v) is 9.38. The van der Waals surface area contributed by atoms with Gasteiger partial charge in [-0.25, -0.2) is 0 Å². The zero-order valence-electron chi connectivity index (χ0n) is 20.5. The SMILES string of the molecule is CCCCCCCCCCCCCCN[C@](C=O)(NC(=O)C1=C[C@H](O)[C@H](O)[C@@H](O)C1)[C@@H](C)O. The van der Waals surface area contributed by atoms with Gasteiger partial charge in [0.1, 0.15) is 12.2 Å². The summed E-state index contributed by atoms with van der Waals surface area (Å²) in [6.45, 7) is 4.09. The van der Waals surface area contributed by atoms with Crippen LogP contribution in [0, 0.1) is 0 Å². The van der Waals surface area contributed by atoms with E-state index in [-0.39, 0.29) is 12.0 Å². The minimum Gasteiger partial charge on any atom is -0.390 e. The van der Waals surface area contributed by atoms with Gasteiger partial charge in [-0.05, 0) is 26.0 Å². The van der Waals surface area contributed by atoms with Gasteiger partial charge in [-0.15, -0.1) is 0 Å². The number of carbonyl (C=O) groups excluding carboxylic acids is 2. The number of amides is 1. The Kier molecular flexibility index (Phi) is 14.7. The van der Waals surface area contributed by atoms with Crippen LogP contribution in [0.1, 0.15) is 97.3 Å². The first-order valence-corrected chi connectivity index (χ1v) is 12.7. The number of aldehydes is 1. The standard InChI is InChI=1S/C25H46N2O6/c1-3-4-5-6-7-8-9-10-11-12-13-14-15-26-25(18-28,19(2)29)27-24(33)20-16-21(30)23(32)22(31)17-20/h16,18-19,21-23,26,29-32H,3-15,17H2,1-2H3,(H,27,33)/t19-,21+,22+,23+,25-/m1/s1. The van der Waals surface area contributed by atoms with E-state index < -0.39 is 36.0 Å². The molecule has 0 radical (unpaired) electrons. The molecule has 8 nitrogen and oxygen atoms in total. The van der Waals surface area contributed by atoms with Crippen molar-refractivity contribution in [2.75, 3.05) is 6.54 Å². The molecule has 6 N–H and O–H groups in total. The van der Waals surface area contributed by atoms with Gasteiger partial charge in [-0.2, -0.15) is 0 Å². The van der Waals surface area contributed by atoms with Crippen molar-refractivity contribution in [3.05, 3.63) is 11.6 Å². The molecule has 0 aromatic carbocycles. The lowest BCUT2D eigenvalue weighted by Crippen LogP contribution is -2.67. The highest BCUT2D eigenvalue weighted by Crippen LogP contribution is 2.20. The Hall–Kier alpha value is -1.32. The Labute approximate surface area is 198 Å². The third kappa shape index (κ3) is 10.6. The lowest BCUT2D eigenvalue weighted by Gasteiger charge is -2.35. The molecule has 0 fully saturated rings. The van der Waals surface area contributed by atoms with Gasteiger partial charge in [0.15, 0.2) is 11.9 Å². The van der Waals surface area contributed by atoms with Gasteiger partial charge in [-0.3, -0.25) is 14.9 Å². The predicted molar refractivity (Wildman–Crippen MR) is 128 cm³/mol. The van der Waals surface area contributed by atoms with E-state index in [0.717, 1.165) is 25.3 Å². The molecule has 8 heteroatoms. The van der Waals surface area contributed by atoms with Crippen LogP contribution in [0.2, 0.25) is 0 Å². The summed E-state index contributed by atoms with van der Waals surface area (Å²) in [7, 11) is 0. The number of aliphatic hydroxyl groups is 4. The van der Waals surface area contributed by atoms with E-state index in [0.29, 0.717) is 12.8 Å². The maximum Gasteiger partial charge on any atom is 0.248 e. The third-order valence-corrected chi connectivity index (χ3v) is 6.45. The average Bonchev–Trinajstić information content (AvgIpc) is 2.79. The first-order valence-electron chi connectivity index (χ1n) is 12.7. The van der Waals surface area contributed by atoms with Crippen molar-refractivity contribution < 1.29 is 30.0 Å². The summed E-state index contributed by atoms with van der Waals surface area (Å²) in [6, 6.07) is 0. The molecule has 0 unspecified atom stereocenters. The van der Waals surface area contributed by atoms with Crippen molar-refractivity contribution >= 4 is 12.2 Å². The van der Waals surface area contributed by atoms with Crippen molar-refractivity contribution in [1.29, 1.82) is 0 Å². The topological polar surface area (TPSA) is 139 Å². The van der Waals surface area contributed by atoms with Crippen molar-refractivity contribution in [2.45, 2.75) is 127 Å². The predicted octanol–water partition coefficient (Wildman–Crippen LogP) is 2.08. The number of carbonyl (C=O) groups is 2. The summed E-state index contributed by atoms with van der Waals surface area (Å²) in [4.78, 5) is 24.4. The number of nitrogens with one attached hydrogen (secondary N) is 2. The first-order chi connectivity index (χ1) is 15.8. The molecule has 0 aliphatic heterocycles. The molecule has 0 spiro atoms. The number of rotatable bonds is 18. The van der Waals surface area contributed by atoms with Gasteiger partial charge in [0, 0.05) is 12.0 Å². The molecular formula is C25H46N2O6. The number of unbranched alkanes of at least 4 members (excludes halogenated alkanes) is 11. The summed E-state index contributed by atoms with van der Waals surface area (Å²) in [6.07, 6.45) is 10.8. The van der Waals surface area contributed by atoms with Gasteiger partial charge in [0.05, 0.1) is 12.2 Å². The molecule has 0 heterocycles. The Bertz CT molecular complexity index is 597. The van der Waals surface area contributed by atoms with E-state index in [4.69, 9.17) is 0 Å². The third-order valence-electron chi connectivity index (χ3n) is 6.45. The summed E-state index contributed by atoms with van der Waals surface area (Å²) in [5.74, 6) is -0.685. The van der Waals surface area contributed by atoms with Crippen LogP contribution >= 0.6 is 0 Å². The normalized spacial score (nSPS) is 23.5. The van der Waals surface area contributed by atoms with Crippen molar-refractivity contribution in [3.8, 4) is 0 Å². The van der Waals surface area contributed by atoms with E-state index >= 15 is 0 Å². The quantitative estimate of drug-likeness (QED) is 0.102. The average molecular weight is 471 g/mol. The summed E-state index contributed by atoms with van der Waals surface area (Å²) >= 11 is 0. The fourth-order valence-corrected chi connectivity index (χ4v) is 4.11. The highest BCUT2D eigenvalue weighted by atomic mass is 16.4. The van der Waals surface area contributed by atoms with Crippen LogP contribution < -0.4 is 10.6 Å². The number of aliphatic hydroxyl groups excluding tert-OH is 4. The van der Waals surface area contributed by atoms with E-state index in [1.165, 1.54) is 64.7 Å². The van der Waals surface area contributed by atoms with Crippen LogP contribution in [-0.2, 0) is 9.59 Å². The molecule has 0 bridgehead atoms. The fraction of sp³-hybridized carbons (Fsp3) is 0.840. The molecular weight excluding hydrogens is 424 g/mol. The van der Waals surface area contributed by atoms with Gasteiger partial charge in [-0.1, -0.05) is 77.6 Å². The van der Waals surface area contributed by atoms with Crippen LogP contribution in [0.25, 0.3) is 0 Å². The van der Waals surface area contributed by atoms with Crippen LogP contribution in [0.15, 0.2) is 11.6 Å². The molecule has 0 aromatic rings. The van der Waals surface area contributed by atoms with E-state index in [1.54, 1.807) is 0 Å². The van der Waals surface area contributed by atoms with Gasteiger partial charge in [0.2, 0.25) is 5.91 Å². The largest absolute Gasteiger partial charge is 0.390 e. The monoisotopic (exact) mass is 470 g/mol. The van der Waals surface area contributed by atoms with Crippen molar-refractivity contribution in [3.63, 3.8) is 0 Å². The summed E-state index contributed by atoms with van der Waals surface area (Å²) < 4.78 is 0. The highest BCUT2D eigenvalue weighted by molar-refractivity contribution is 5.96. The Morgan fingerprint density at radius 1 is 1.03 bits per heavy atom. The molecule has 192 valence electrons. The smallest absolute Gasteiger partial charge is 0.248 e. The molecule has 1 aliphatic rings. The second-order valence-electron chi connectivity index (χ2n) is 9.38.